The summed E-state index contributed by atoms with van der Waals surface area (Å²) in [5, 5.41) is 11.9. The smallest absolute Gasteiger partial charge is 0.240 e. The summed E-state index contributed by atoms with van der Waals surface area (Å²) in [6.45, 7) is 4.24. The van der Waals surface area contributed by atoms with Crippen molar-refractivity contribution in [1.29, 1.82) is 0 Å². The van der Waals surface area contributed by atoms with Gasteiger partial charge in [-0.3, -0.25) is 4.79 Å². The van der Waals surface area contributed by atoms with Crippen molar-refractivity contribution in [2.45, 2.75) is 38.8 Å². The van der Waals surface area contributed by atoms with Crippen LogP contribution in [0.3, 0.4) is 0 Å². The summed E-state index contributed by atoms with van der Waals surface area (Å²) >= 11 is 0. The number of carbonyl (C=O) groups excluding carboxylic acids is 1. The van der Waals surface area contributed by atoms with Gasteiger partial charge in [0.05, 0.1) is 5.54 Å². The summed E-state index contributed by atoms with van der Waals surface area (Å²) in [4.78, 5) is 11.9. The fraction of sp³-hybridized carbons (Fsp3) is 0.462. The summed E-state index contributed by atoms with van der Waals surface area (Å²) in [6, 6.07) is 6.73. The highest BCUT2D eigenvalue weighted by Crippen LogP contribution is 2.12. The molecule has 4 N–H and O–H groups in total. The topological polar surface area (TPSA) is 75.4 Å². The molecule has 0 atom stereocenters. The number of amides is 1. The monoisotopic (exact) mass is 236 g/mol. The zero-order valence-electron chi connectivity index (χ0n) is 10.4. The van der Waals surface area contributed by atoms with Gasteiger partial charge in [-0.05, 0) is 30.5 Å². The van der Waals surface area contributed by atoms with E-state index in [0.717, 1.165) is 5.56 Å². The predicted molar refractivity (Wildman–Crippen MR) is 67.5 cm³/mol. The van der Waals surface area contributed by atoms with E-state index in [-0.39, 0.29) is 11.7 Å². The molecule has 0 heterocycles. The molecule has 0 aromatic heterocycles. The standard InChI is InChI=1S/C13H20N2O2/c1-3-13(14,4-2)12(17)15-9-10-5-7-11(16)8-6-10/h5-8,16H,3-4,9,14H2,1-2H3,(H,15,17). The molecule has 4 nitrogen and oxygen atoms in total. The summed E-state index contributed by atoms with van der Waals surface area (Å²) in [5.41, 5.74) is 6.13. The zero-order chi connectivity index (χ0) is 12.9. The second-order valence-corrected chi connectivity index (χ2v) is 4.21. The van der Waals surface area contributed by atoms with Crippen molar-refractivity contribution >= 4 is 5.91 Å². The first-order valence-corrected chi connectivity index (χ1v) is 5.87. The van der Waals surface area contributed by atoms with Gasteiger partial charge in [0.25, 0.3) is 0 Å². The van der Waals surface area contributed by atoms with Crippen LogP contribution in [0.5, 0.6) is 5.75 Å². The molecule has 0 fully saturated rings. The largest absolute Gasteiger partial charge is 0.508 e. The van der Waals surface area contributed by atoms with E-state index in [1.165, 1.54) is 0 Å². The minimum Gasteiger partial charge on any atom is -0.508 e. The van der Waals surface area contributed by atoms with Crippen LogP contribution in [-0.4, -0.2) is 16.6 Å². The molecule has 1 rings (SSSR count). The molecule has 1 aromatic rings. The number of aromatic hydroxyl groups is 1. The maximum Gasteiger partial charge on any atom is 0.240 e. The number of rotatable bonds is 5. The first kappa shape index (κ1) is 13.5. The molecule has 0 saturated carbocycles. The highest BCUT2D eigenvalue weighted by Gasteiger charge is 2.29. The van der Waals surface area contributed by atoms with E-state index in [4.69, 9.17) is 10.8 Å². The molecule has 0 bridgehead atoms. The molecular formula is C13H20N2O2. The quantitative estimate of drug-likeness (QED) is 0.725. The van der Waals surface area contributed by atoms with Crippen molar-refractivity contribution in [1.82, 2.24) is 5.32 Å². The lowest BCUT2D eigenvalue weighted by Gasteiger charge is -2.25. The van der Waals surface area contributed by atoms with Crippen LogP contribution in [-0.2, 0) is 11.3 Å². The number of nitrogens with two attached hydrogens (primary N) is 1. The molecule has 0 aliphatic heterocycles. The minimum absolute atomic E-state index is 0.129. The number of carbonyl (C=O) groups is 1. The fourth-order valence-electron chi connectivity index (χ4n) is 1.54. The average molecular weight is 236 g/mol. The first-order chi connectivity index (χ1) is 8.01. The molecule has 1 amide bonds. The first-order valence-electron chi connectivity index (χ1n) is 5.87. The van der Waals surface area contributed by atoms with E-state index in [1.54, 1.807) is 24.3 Å². The molecule has 0 saturated heterocycles. The molecule has 94 valence electrons. The number of phenolic OH excluding ortho intramolecular Hbond substituents is 1. The van der Waals surface area contributed by atoms with Crippen molar-refractivity contribution < 1.29 is 9.90 Å². The van der Waals surface area contributed by atoms with Crippen LogP contribution < -0.4 is 11.1 Å². The lowest BCUT2D eigenvalue weighted by Crippen LogP contribution is -2.52. The summed E-state index contributed by atoms with van der Waals surface area (Å²) in [7, 11) is 0. The van der Waals surface area contributed by atoms with E-state index >= 15 is 0 Å². The maximum absolute atomic E-state index is 11.9. The van der Waals surface area contributed by atoms with Crippen LogP contribution in [0, 0.1) is 0 Å². The molecule has 4 heteroatoms. The van der Waals surface area contributed by atoms with Gasteiger partial charge < -0.3 is 16.2 Å². The van der Waals surface area contributed by atoms with Crippen LogP contribution in [0.25, 0.3) is 0 Å². The van der Waals surface area contributed by atoms with E-state index in [0.29, 0.717) is 19.4 Å². The van der Waals surface area contributed by atoms with Crippen LogP contribution in [0.1, 0.15) is 32.3 Å². The second-order valence-electron chi connectivity index (χ2n) is 4.21. The van der Waals surface area contributed by atoms with Crippen molar-refractivity contribution in [3.8, 4) is 5.75 Å². The molecular weight excluding hydrogens is 216 g/mol. The van der Waals surface area contributed by atoms with Crippen LogP contribution in [0.4, 0.5) is 0 Å². The number of phenols is 1. The third-order valence-electron chi connectivity index (χ3n) is 3.10. The van der Waals surface area contributed by atoms with Crippen LogP contribution in [0.2, 0.25) is 0 Å². The van der Waals surface area contributed by atoms with Gasteiger partial charge in [0.15, 0.2) is 0 Å². The molecule has 0 radical (unpaired) electrons. The molecule has 17 heavy (non-hydrogen) atoms. The Balaban J connectivity index is 2.56. The number of nitrogens with one attached hydrogen (secondary N) is 1. The Hall–Kier alpha value is -1.55. The molecule has 0 aliphatic rings. The van der Waals surface area contributed by atoms with Gasteiger partial charge in [0.2, 0.25) is 5.91 Å². The Morgan fingerprint density at radius 1 is 1.29 bits per heavy atom. The van der Waals surface area contributed by atoms with Gasteiger partial charge in [-0.15, -0.1) is 0 Å². The fourth-order valence-corrected chi connectivity index (χ4v) is 1.54. The van der Waals surface area contributed by atoms with Crippen molar-refractivity contribution in [3.05, 3.63) is 29.8 Å². The summed E-state index contributed by atoms with van der Waals surface area (Å²) < 4.78 is 0. The van der Waals surface area contributed by atoms with Crippen molar-refractivity contribution in [3.63, 3.8) is 0 Å². The van der Waals surface area contributed by atoms with E-state index in [2.05, 4.69) is 5.32 Å². The number of benzene rings is 1. The Bertz CT molecular complexity index is 370. The zero-order valence-corrected chi connectivity index (χ0v) is 10.4. The molecule has 0 aliphatic carbocycles. The number of hydrogen-bond acceptors (Lipinski definition) is 3. The lowest BCUT2D eigenvalue weighted by atomic mass is 9.93. The Morgan fingerprint density at radius 2 is 1.82 bits per heavy atom. The van der Waals surface area contributed by atoms with Gasteiger partial charge in [-0.2, -0.15) is 0 Å². The summed E-state index contributed by atoms with van der Waals surface area (Å²) in [6.07, 6.45) is 1.23. The Kier molecular flexibility index (Phi) is 4.52. The summed E-state index contributed by atoms with van der Waals surface area (Å²) in [5.74, 6) is 0.0888. The highest BCUT2D eigenvalue weighted by molar-refractivity contribution is 5.85. The van der Waals surface area contributed by atoms with Crippen LogP contribution >= 0.6 is 0 Å². The Labute approximate surface area is 102 Å². The van der Waals surface area contributed by atoms with Gasteiger partial charge in [0, 0.05) is 6.54 Å². The average Bonchev–Trinajstić information content (AvgIpc) is 2.36. The molecule has 1 aromatic carbocycles. The van der Waals surface area contributed by atoms with Gasteiger partial charge in [-0.1, -0.05) is 26.0 Å². The maximum atomic E-state index is 11.9. The predicted octanol–water partition coefficient (Wildman–Crippen LogP) is 1.53. The van der Waals surface area contributed by atoms with Gasteiger partial charge >= 0.3 is 0 Å². The normalized spacial score (nSPS) is 11.2. The Morgan fingerprint density at radius 3 is 2.29 bits per heavy atom. The van der Waals surface area contributed by atoms with E-state index in [1.807, 2.05) is 13.8 Å². The molecule has 0 unspecified atom stereocenters. The van der Waals surface area contributed by atoms with Crippen molar-refractivity contribution in [2.24, 2.45) is 5.73 Å². The highest BCUT2D eigenvalue weighted by atomic mass is 16.3. The van der Waals surface area contributed by atoms with Gasteiger partial charge in [-0.25, -0.2) is 0 Å². The third-order valence-corrected chi connectivity index (χ3v) is 3.10. The van der Waals surface area contributed by atoms with E-state index < -0.39 is 5.54 Å². The SMILES string of the molecule is CCC(N)(CC)C(=O)NCc1ccc(O)cc1. The molecule has 0 spiro atoms. The number of hydrogen-bond donors (Lipinski definition) is 3. The van der Waals surface area contributed by atoms with E-state index in [9.17, 15) is 4.79 Å². The minimum atomic E-state index is -0.781. The third kappa shape index (κ3) is 3.46. The van der Waals surface area contributed by atoms with Gasteiger partial charge in [0.1, 0.15) is 5.75 Å². The van der Waals surface area contributed by atoms with Crippen LogP contribution in [0.15, 0.2) is 24.3 Å². The lowest BCUT2D eigenvalue weighted by molar-refractivity contribution is -0.126. The van der Waals surface area contributed by atoms with Crippen molar-refractivity contribution in [2.75, 3.05) is 0 Å². The second kappa shape index (κ2) is 5.68.